The first-order valence-corrected chi connectivity index (χ1v) is 6.44. The lowest BCUT2D eigenvalue weighted by Gasteiger charge is -2.07. The minimum Gasteiger partial charge on any atom is -0.348 e. The number of pyridine rings is 1. The monoisotopic (exact) mass is 252 g/mol. The molecular weight excluding hydrogens is 236 g/mol. The second kappa shape index (κ2) is 5.63. The predicted molar refractivity (Wildman–Crippen MR) is 75.7 cm³/mol. The molecule has 2 aromatic heterocycles. The first kappa shape index (κ1) is 11.9. The molecule has 0 atom stereocenters. The number of nitrogens with one attached hydrogen (secondary N) is 2. The number of hydrogen-bond donors (Lipinski definition) is 2. The Morgan fingerprint density at radius 3 is 3.00 bits per heavy atom. The Labute approximate surface area is 111 Å². The zero-order valence-corrected chi connectivity index (χ0v) is 10.6. The smallest absolute Gasteiger partial charge is 0.0921 e. The van der Waals surface area contributed by atoms with E-state index >= 15 is 0 Å². The average Bonchev–Trinajstić information content (AvgIpc) is 2.97. The Morgan fingerprint density at radius 1 is 1.16 bits per heavy atom. The molecule has 4 nitrogen and oxygen atoms in total. The molecule has 4 heteroatoms. The number of hydrogen-bond acceptors (Lipinski definition) is 3. The fourth-order valence-corrected chi connectivity index (χ4v) is 2.18. The van der Waals surface area contributed by atoms with E-state index in [1.54, 1.807) is 6.33 Å². The summed E-state index contributed by atoms with van der Waals surface area (Å²) in [6.07, 6.45) is 6.41. The van der Waals surface area contributed by atoms with E-state index < -0.39 is 0 Å². The quantitative estimate of drug-likeness (QED) is 0.685. The number of rotatable bonds is 5. The Morgan fingerprint density at radius 2 is 2.11 bits per heavy atom. The number of benzene rings is 1. The summed E-state index contributed by atoms with van der Waals surface area (Å²) in [5.41, 5.74) is 3.50. The van der Waals surface area contributed by atoms with Crippen LogP contribution in [0.15, 0.2) is 49.1 Å². The lowest BCUT2D eigenvalue weighted by molar-refractivity contribution is 0.683. The van der Waals surface area contributed by atoms with Crippen LogP contribution in [-0.2, 0) is 13.0 Å². The molecule has 0 fully saturated rings. The van der Waals surface area contributed by atoms with E-state index in [-0.39, 0.29) is 0 Å². The van der Waals surface area contributed by atoms with Crippen LogP contribution in [0.4, 0.5) is 0 Å². The van der Waals surface area contributed by atoms with Crippen LogP contribution in [0, 0.1) is 0 Å². The lowest BCUT2D eigenvalue weighted by atomic mass is 10.1. The molecule has 0 saturated carbocycles. The fourth-order valence-electron chi connectivity index (χ4n) is 2.18. The van der Waals surface area contributed by atoms with Gasteiger partial charge in [0.05, 0.1) is 11.8 Å². The molecule has 0 bridgehead atoms. The summed E-state index contributed by atoms with van der Waals surface area (Å²) < 4.78 is 0. The van der Waals surface area contributed by atoms with Gasteiger partial charge in [-0.15, -0.1) is 0 Å². The van der Waals surface area contributed by atoms with Gasteiger partial charge in [0.15, 0.2) is 0 Å². The minimum absolute atomic E-state index is 0.858. The normalized spacial score (nSPS) is 10.9. The van der Waals surface area contributed by atoms with Crippen molar-refractivity contribution in [1.29, 1.82) is 0 Å². The highest BCUT2D eigenvalue weighted by molar-refractivity contribution is 5.81. The summed E-state index contributed by atoms with van der Waals surface area (Å²) in [6.45, 7) is 1.79. The standard InChI is InChI=1S/C15H16N4/c1-2-4-15-14(3-1)12(5-8-18-15)9-16-7-6-13-10-17-11-19-13/h1-5,8,10-11,16H,6-7,9H2,(H,17,19). The van der Waals surface area contributed by atoms with Crippen molar-refractivity contribution < 1.29 is 0 Å². The first-order chi connectivity index (χ1) is 9.43. The van der Waals surface area contributed by atoms with Crippen molar-refractivity contribution in [1.82, 2.24) is 20.3 Å². The largest absolute Gasteiger partial charge is 0.348 e. The number of aromatic nitrogens is 3. The molecule has 0 aliphatic carbocycles. The second-order valence-electron chi connectivity index (χ2n) is 4.49. The SMILES string of the molecule is c1ccc2c(CNCCc3cnc[nH]3)ccnc2c1. The van der Waals surface area contributed by atoms with Gasteiger partial charge in [0, 0.05) is 43.0 Å². The van der Waals surface area contributed by atoms with E-state index in [0.29, 0.717) is 0 Å². The van der Waals surface area contributed by atoms with Gasteiger partial charge in [-0.25, -0.2) is 4.98 Å². The minimum atomic E-state index is 0.858. The highest BCUT2D eigenvalue weighted by Gasteiger charge is 2.00. The first-order valence-electron chi connectivity index (χ1n) is 6.44. The van der Waals surface area contributed by atoms with Crippen molar-refractivity contribution in [2.24, 2.45) is 0 Å². The molecule has 2 heterocycles. The average molecular weight is 252 g/mol. The number of aromatic amines is 1. The van der Waals surface area contributed by atoms with Gasteiger partial charge in [0.2, 0.25) is 0 Å². The molecule has 0 saturated heterocycles. The summed E-state index contributed by atoms with van der Waals surface area (Å²) in [6, 6.07) is 10.3. The Balaban J connectivity index is 1.62. The van der Waals surface area contributed by atoms with Gasteiger partial charge < -0.3 is 10.3 Å². The van der Waals surface area contributed by atoms with Gasteiger partial charge in [0.1, 0.15) is 0 Å². The van der Waals surface area contributed by atoms with Crippen molar-refractivity contribution >= 4 is 10.9 Å². The summed E-state index contributed by atoms with van der Waals surface area (Å²) >= 11 is 0. The van der Waals surface area contributed by atoms with Gasteiger partial charge >= 0.3 is 0 Å². The molecule has 96 valence electrons. The molecule has 0 unspecified atom stereocenters. The highest BCUT2D eigenvalue weighted by atomic mass is 14.9. The fraction of sp³-hybridized carbons (Fsp3) is 0.200. The third-order valence-electron chi connectivity index (χ3n) is 3.18. The molecule has 0 aliphatic heterocycles. The van der Waals surface area contributed by atoms with Crippen molar-refractivity contribution in [2.45, 2.75) is 13.0 Å². The third-order valence-corrected chi connectivity index (χ3v) is 3.18. The zero-order chi connectivity index (χ0) is 12.9. The van der Waals surface area contributed by atoms with Crippen molar-refractivity contribution in [3.63, 3.8) is 0 Å². The molecule has 1 aromatic carbocycles. The van der Waals surface area contributed by atoms with Crippen molar-refractivity contribution in [2.75, 3.05) is 6.54 Å². The summed E-state index contributed by atoms with van der Waals surface area (Å²) in [5, 5.41) is 4.68. The number of nitrogens with zero attached hydrogens (tertiary/aromatic N) is 2. The Kier molecular flexibility index (Phi) is 3.51. The van der Waals surface area contributed by atoms with Crippen LogP contribution in [0.25, 0.3) is 10.9 Å². The summed E-state index contributed by atoms with van der Waals surface area (Å²) in [7, 11) is 0. The van der Waals surface area contributed by atoms with Crippen LogP contribution in [-0.4, -0.2) is 21.5 Å². The molecular formula is C15H16N4. The van der Waals surface area contributed by atoms with E-state index in [2.05, 4.69) is 38.5 Å². The molecule has 3 rings (SSSR count). The predicted octanol–water partition coefficient (Wildman–Crippen LogP) is 2.29. The number of H-pyrrole nitrogens is 1. The Hall–Kier alpha value is -2.20. The van der Waals surface area contributed by atoms with Crippen LogP contribution >= 0.6 is 0 Å². The molecule has 0 radical (unpaired) electrons. The molecule has 0 aliphatic rings. The molecule has 19 heavy (non-hydrogen) atoms. The van der Waals surface area contributed by atoms with E-state index in [9.17, 15) is 0 Å². The van der Waals surface area contributed by atoms with E-state index in [1.807, 2.05) is 24.5 Å². The van der Waals surface area contributed by atoms with Crippen LogP contribution in [0.5, 0.6) is 0 Å². The molecule has 2 N–H and O–H groups in total. The number of para-hydroxylation sites is 1. The summed E-state index contributed by atoms with van der Waals surface area (Å²) in [4.78, 5) is 11.5. The van der Waals surface area contributed by atoms with Crippen molar-refractivity contribution in [3.05, 3.63) is 60.3 Å². The van der Waals surface area contributed by atoms with Gasteiger partial charge in [-0.05, 0) is 17.7 Å². The highest BCUT2D eigenvalue weighted by Crippen LogP contribution is 2.15. The number of imidazole rings is 1. The maximum Gasteiger partial charge on any atom is 0.0921 e. The van der Waals surface area contributed by atoms with Gasteiger partial charge in [0.25, 0.3) is 0 Å². The maximum absolute atomic E-state index is 4.37. The topological polar surface area (TPSA) is 53.6 Å². The lowest BCUT2D eigenvalue weighted by Crippen LogP contribution is -2.17. The van der Waals surface area contributed by atoms with E-state index in [1.165, 1.54) is 10.9 Å². The third kappa shape index (κ3) is 2.80. The Bertz CT molecular complexity index is 641. The second-order valence-corrected chi connectivity index (χ2v) is 4.49. The summed E-state index contributed by atoms with van der Waals surface area (Å²) in [5.74, 6) is 0. The maximum atomic E-state index is 4.37. The number of fused-ring (bicyclic) bond motifs is 1. The zero-order valence-electron chi connectivity index (χ0n) is 10.6. The van der Waals surface area contributed by atoms with Gasteiger partial charge in [-0.3, -0.25) is 4.98 Å². The van der Waals surface area contributed by atoms with Gasteiger partial charge in [-0.2, -0.15) is 0 Å². The van der Waals surface area contributed by atoms with Crippen molar-refractivity contribution in [3.8, 4) is 0 Å². The molecule has 0 spiro atoms. The van der Waals surface area contributed by atoms with E-state index in [4.69, 9.17) is 0 Å². The van der Waals surface area contributed by atoms with Crippen LogP contribution < -0.4 is 5.32 Å². The molecule has 0 amide bonds. The van der Waals surface area contributed by atoms with Crippen LogP contribution in [0.2, 0.25) is 0 Å². The van der Waals surface area contributed by atoms with Crippen LogP contribution in [0.3, 0.4) is 0 Å². The van der Waals surface area contributed by atoms with Crippen LogP contribution in [0.1, 0.15) is 11.3 Å². The van der Waals surface area contributed by atoms with Gasteiger partial charge in [-0.1, -0.05) is 18.2 Å². The molecule has 3 aromatic rings. The van der Waals surface area contributed by atoms with E-state index in [0.717, 1.165) is 30.7 Å².